The van der Waals surface area contributed by atoms with Gasteiger partial charge in [-0.15, -0.1) is 0 Å². The molecule has 3 unspecified atom stereocenters. The summed E-state index contributed by atoms with van der Waals surface area (Å²) in [5.41, 5.74) is 3.21. The third-order valence-corrected chi connectivity index (χ3v) is 8.85. The predicted octanol–water partition coefficient (Wildman–Crippen LogP) is 6.90. The van der Waals surface area contributed by atoms with Crippen molar-refractivity contribution in [1.82, 2.24) is 10.3 Å². The van der Waals surface area contributed by atoms with E-state index in [2.05, 4.69) is 36.5 Å². The van der Waals surface area contributed by atoms with Crippen LogP contribution in [0.3, 0.4) is 0 Å². The number of ether oxygens (including phenoxy) is 1. The van der Waals surface area contributed by atoms with Crippen LogP contribution in [-0.4, -0.2) is 27.5 Å². The highest BCUT2D eigenvalue weighted by atomic mass is 32.2. The van der Waals surface area contributed by atoms with E-state index in [0.717, 1.165) is 73.7 Å². The van der Waals surface area contributed by atoms with Crippen molar-refractivity contribution < 1.29 is 18.7 Å². The highest BCUT2D eigenvalue weighted by Gasteiger charge is 2.33. The molecule has 188 valence electrons. The number of hydrogen-bond acceptors (Lipinski definition) is 6. The van der Waals surface area contributed by atoms with Crippen LogP contribution >= 0.6 is 11.8 Å². The van der Waals surface area contributed by atoms with Crippen LogP contribution in [0.15, 0.2) is 28.7 Å². The Hall–Kier alpha value is -2.12. The standard InChI is InChI=1S/C28H36N2O4S/c1-18-10-13-21(14-11-18)27-29-23(25(34-27)20-7-3-2-4-8-20)17-33-22-9-5-6-19(16-22)12-15-24-26(31)30-28(32)35-24/h10-11,13-14,19-20,22,24H,2-9,12,15-17H2,1H3,(H,30,31,32). The van der Waals surface area contributed by atoms with Gasteiger partial charge < -0.3 is 9.15 Å². The van der Waals surface area contributed by atoms with Crippen LogP contribution < -0.4 is 5.32 Å². The van der Waals surface area contributed by atoms with Crippen molar-refractivity contribution in [3.63, 3.8) is 0 Å². The van der Waals surface area contributed by atoms with Gasteiger partial charge in [-0.2, -0.15) is 0 Å². The SMILES string of the molecule is Cc1ccc(-c2nc(COC3CCCC(CCC4SC(=O)NC4=O)C3)c(C3CCCCC3)o2)cc1. The molecule has 1 N–H and O–H groups in total. The number of aryl methyl sites for hydroxylation is 1. The van der Waals surface area contributed by atoms with Crippen LogP contribution in [0.2, 0.25) is 0 Å². The lowest BCUT2D eigenvalue weighted by atomic mass is 9.84. The normalized spacial score (nSPS) is 25.7. The molecule has 3 fully saturated rings. The molecule has 5 rings (SSSR count). The van der Waals surface area contributed by atoms with Crippen molar-refractivity contribution in [3.8, 4) is 11.5 Å². The summed E-state index contributed by atoms with van der Waals surface area (Å²) in [4.78, 5) is 28.2. The van der Waals surface area contributed by atoms with Gasteiger partial charge in [0.1, 0.15) is 11.5 Å². The van der Waals surface area contributed by atoms with E-state index in [1.807, 2.05) is 0 Å². The number of thioether (sulfide) groups is 1. The van der Waals surface area contributed by atoms with Gasteiger partial charge in [0.15, 0.2) is 0 Å². The van der Waals surface area contributed by atoms with Gasteiger partial charge in [-0.05, 0) is 63.5 Å². The first-order chi connectivity index (χ1) is 17.0. The zero-order valence-corrected chi connectivity index (χ0v) is 21.4. The molecule has 1 aromatic heterocycles. The van der Waals surface area contributed by atoms with Crippen molar-refractivity contribution in [2.24, 2.45) is 5.92 Å². The van der Waals surface area contributed by atoms with Gasteiger partial charge in [0.05, 0.1) is 18.0 Å². The molecule has 1 aromatic carbocycles. The molecule has 2 saturated carbocycles. The van der Waals surface area contributed by atoms with Crippen LogP contribution in [0.1, 0.15) is 93.6 Å². The summed E-state index contributed by atoms with van der Waals surface area (Å²) in [5.74, 6) is 2.57. The molecule has 0 spiro atoms. The molecule has 7 heteroatoms. The van der Waals surface area contributed by atoms with E-state index in [1.165, 1.54) is 31.2 Å². The largest absolute Gasteiger partial charge is 0.440 e. The maximum Gasteiger partial charge on any atom is 0.286 e. The molecular weight excluding hydrogens is 460 g/mol. The van der Waals surface area contributed by atoms with E-state index >= 15 is 0 Å². The lowest BCUT2D eigenvalue weighted by Gasteiger charge is -2.29. The number of rotatable bonds is 8. The Kier molecular flexibility index (Phi) is 7.93. The Bertz CT molecular complexity index is 1030. The third-order valence-electron chi connectivity index (χ3n) is 7.80. The molecular formula is C28H36N2O4S. The summed E-state index contributed by atoms with van der Waals surface area (Å²) in [5, 5.41) is 1.96. The number of carbonyl (C=O) groups excluding carboxylic acids is 2. The topological polar surface area (TPSA) is 81.4 Å². The zero-order valence-electron chi connectivity index (χ0n) is 20.6. The summed E-state index contributed by atoms with van der Waals surface area (Å²) in [6.07, 6.45) is 12.4. The molecule has 2 amide bonds. The minimum absolute atomic E-state index is 0.130. The smallest absolute Gasteiger partial charge is 0.286 e. The van der Waals surface area contributed by atoms with E-state index in [0.29, 0.717) is 24.3 Å². The van der Waals surface area contributed by atoms with E-state index in [1.54, 1.807) is 0 Å². The fourth-order valence-electron chi connectivity index (χ4n) is 5.79. The van der Waals surface area contributed by atoms with Crippen LogP contribution in [0.4, 0.5) is 4.79 Å². The predicted molar refractivity (Wildman–Crippen MR) is 137 cm³/mol. The van der Waals surface area contributed by atoms with Crippen molar-refractivity contribution in [1.29, 1.82) is 0 Å². The van der Waals surface area contributed by atoms with Crippen molar-refractivity contribution >= 4 is 22.9 Å². The Balaban J connectivity index is 1.22. The Labute approximate surface area is 212 Å². The van der Waals surface area contributed by atoms with Gasteiger partial charge in [0.2, 0.25) is 11.8 Å². The lowest BCUT2D eigenvalue weighted by molar-refractivity contribution is -0.119. The Morgan fingerprint density at radius 2 is 1.83 bits per heavy atom. The van der Waals surface area contributed by atoms with Crippen LogP contribution in [0.25, 0.3) is 11.5 Å². The van der Waals surface area contributed by atoms with Gasteiger partial charge in [-0.25, -0.2) is 4.98 Å². The molecule has 6 nitrogen and oxygen atoms in total. The number of imide groups is 1. The molecule has 3 aliphatic rings. The fourth-order valence-corrected chi connectivity index (χ4v) is 6.63. The quantitative estimate of drug-likeness (QED) is 0.428. The van der Waals surface area contributed by atoms with Crippen molar-refractivity contribution in [2.45, 2.75) is 101 Å². The van der Waals surface area contributed by atoms with Gasteiger partial charge in [-0.1, -0.05) is 61.6 Å². The Morgan fingerprint density at radius 3 is 2.57 bits per heavy atom. The summed E-state index contributed by atoms with van der Waals surface area (Å²) in [6, 6.07) is 8.36. The molecule has 35 heavy (non-hydrogen) atoms. The average molecular weight is 497 g/mol. The minimum Gasteiger partial charge on any atom is -0.440 e. The molecule has 1 aliphatic heterocycles. The third kappa shape index (κ3) is 6.18. The highest BCUT2D eigenvalue weighted by molar-refractivity contribution is 8.15. The monoisotopic (exact) mass is 496 g/mol. The number of hydrogen-bond donors (Lipinski definition) is 1. The summed E-state index contributed by atoms with van der Waals surface area (Å²) < 4.78 is 12.8. The van der Waals surface area contributed by atoms with Gasteiger partial charge in [0.25, 0.3) is 5.24 Å². The number of nitrogens with one attached hydrogen (secondary N) is 1. The lowest BCUT2D eigenvalue weighted by Crippen LogP contribution is -2.26. The summed E-state index contributed by atoms with van der Waals surface area (Å²) >= 11 is 1.14. The maximum atomic E-state index is 11.9. The van der Waals surface area contributed by atoms with Crippen molar-refractivity contribution in [2.75, 3.05) is 0 Å². The van der Waals surface area contributed by atoms with Crippen LogP contribution in [0, 0.1) is 12.8 Å². The maximum absolute atomic E-state index is 11.9. The number of benzene rings is 1. The number of carbonyl (C=O) groups is 2. The summed E-state index contributed by atoms with van der Waals surface area (Å²) in [6.45, 7) is 2.58. The van der Waals surface area contributed by atoms with E-state index in [-0.39, 0.29) is 22.5 Å². The molecule has 0 radical (unpaired) electrons. The van der Waals surface area contributed by atoms with Gasteiger partial charge in [0, 0.05) is 11.5 Å². The number of aromatic nitrogens is 1. The zero-order chi connectivity index (χ0) is 24.2. The molecule has 3 atom stereocenters. The first-order valence-corrected chi connectivity index (χ1v) is 14.1. The van der Waals surface area contributed by atoms with E-state index in [9.17, 15) is 9.59 Å². The van der Waals surface area contributed by atoms with Crippen molar-refractivity contribution in [3.05, 3.63) is 41.3 Å². The van der Waals surface area contributed by atoms with Gasteiger partial charge in [-0.3, -0.25) is 14.9 Å². The van der Waals surface area contributed by atoms with Crippen LogP contribution in [-0.2, 0) is 16.1 Å². The first-order valence-electron chi connectivity index (χ1n) is 13.2. The molecule has 2 heterocycles. The molecule has 1 saturated heterocycles. The number of amides is 2. The number of nitrogens with zero attached hydrogens (tertiary/aromatic N) is 1. The second-order valence-electron chi connectivity index (χ2n) is 10.5. The molecule has 2 aliphatic carbocycles. The second-order valence-corrected chi connectivity index (χ2v) is 11.6. The second kappa shape index (κ2) is 11.3. The summed E-state index contributed by atoms with van der Waals surface area (Å²) in [7, 11) is 0. The van der Waals surface area contributed by atoms with Crippen LogP contribution in [0.5, 0.6) is 0 Å². The fraction of sp³-hybridized carbons (Fsp3) is 0.607. The molecule has 2 aromatic rings. The van der Waals surface area contributed by atoms with E-state index < -0.39 is 0 Å². The minimum atomic E-state index is -0.225. The van der Waals surface area contributed by atoms with E-state index in [4.69, 9.17) is 14.1 Å². The highest BCUT2D eigenvalue weighted by Crippen LogP contribution is 2.38. The Morgan fingerprint density at radius 1 is 1.03 bits per heavy atom. The van der Waals surface area contributed by atoms with Gasteiger partial charge >= 0.3 is 0 Å². The first kappa shape index (κ1) is 24.6. The number of oxazole rings is 1. The average Bonchev–Trinajstić information content (AvgIpc) is 3.45. The molecule has 0 bridgehead atoms.